The molecule has 7 nitrogen and oxygen atoms in total. The summed E-state index contributed by atoms with van der Waals surface area (Å²) < 4.78 is 11.7. The number of carbonyl (C=O) groups is 2. The van der Waals surface area contributed by atoms with E-state index in [1.165, 1.54) is 11.3 Å². The number of aromatic nitrogens is 1. The summed E-state index contributed by atoms with van der Waals surface area (Å²) in [6, 6.07) is 4.87. The highest BCUT2D eigenvalue weighted by Gasteiger charge is 2.63. The van der Waals surface area contributed by atoms with Gasteiger partial charge >= 0.3 is 5.97 Å². The summed E-state index contributed by atoms with van der Waals surface area (Å²) in [6.07, 6.45) is 2.34. The van der Waals surface area contributed by atoms with Crippen molar-refractivity contribution in [2.24, 2.45) is 11.8 Å². The van der Waals surface area contributed by atoms with Gasteiger partial charge < -0.3 is 19.5 Å². The maximum absolute atomic E-state index is 14.7. The van der Waals surface area contributed by atoms with Gasteiger partial charge in [-0.05, 0) is 76.5 Å². The molecule has 2 heterocycles. The minimum absolute atomic E-state index is 0.0723. The Morgan fingerprint density at radius 1 is 1.15 bits per heavy atom. The Bertz CT molecular complexity index is 1170. The van der Waals surface area contributed by atoms with Gasteiger partial charge in [-0.3, -0.25) is 4.79 Å². The maximum atomic E-state index is 14.7. The molecule has 1 aliphatic heterocycles. The summed E-state index contributed by atoms with van der Waals surface area (Å²) in [6.45, 7) is 19.3. The fourth-order valence-electron chi connectivity index (χ4n) is 5.72. The van der Waals surface area contributed by atoms with Gasteiger partial charge in [-0.25, -0.2) is 9.78 Å². The number of hydrogen-bond donors (Lipinski definition) is 1. The number of benzene rings is 1. The fourth-order valence-corrected chi connectivity index (χ4v) is 6.51. The SMILES string of the molecule is COc1cc(C(=O)N2[C@H](c3nccs3)[C@H](C(C)(C)O)CC2(CC(C)C)C(=O)OC(C)(C)C)ccc1C(C)(C)C. The molecule has 1 amide bonds. The van der Waals surface area contributed by atoms with Crippen LogP contribution in [0.2, 0.25) is 0 Å². The quantitative estimate of drug-likeness (QED) is 0.388. The van der Waals surface area contributed by atoms with Crippen molar-refractivity contribution in [2.75, 3.05) is 7.11 Å². The number of ether oxygens (including phenoxy) is 2. The van der Waals surface area contributed by atoms with Gasteiger partial charge in [-0.15, -0.1) is 11.3 Å². The van der Waals surface area contributed by atoms with Crippen molar-refractivity contribution < 1.29 is 24.2 Å². The smallest absolute Gasteiger partial charge is 0.332 e. The third-order valence-corrected chi connectivity index (χ3v) is 8.14. The van der Waals surface area contributed by atoms with Crippen molar-refractivity contribution in [1.82, 2.24) is 9.88 Å². The standard InChI is InChI=1S/C31H46N2O5S/c1-19(2)17-31(27(35)38-29(6,7)8)18-22(30(9,10)36)24(25-32-14-15-39-25)33(31)26(34)20-12-13-21(28(3,4)5)23(16-20)37-11/h12-16,19,22,24,36H,17-18H2,1-11H3/t22-,24+,31?/m1/s1. The first-order valence-corrected chi connectivity index (χ1v) is 14.6. The highest BCUT2D eigenvalue weighted by molar-refractivity contribution is 7.09. The summed E-state index contributed by atoms with van der Waals surface area (Å²) >= 11 is 1.42. The first kappa shape index (κ1) is 31.1. The van der Waals surface area contributed by atoms with Crippen LogP contribution in [-0.2, 0) is 14.9 Å². The molecule has 0 aliphatic carbocycles. The molecule has 1 N–H and O–H groups in total. The molecule has 0 spiro atoms. The van der Waals surface area contributed by atoms with Crippen molar-refractivity contribution in [1.29, 1.82) is 0 Å². The van der Waals surface area contributed by atoms with Crippen LogP contribution < -0.4 is 4.74 Å². The second kappa shape index (κ2) is 10.8. The number of esters is 1. The molecular weight excluding hydrogens is 512 g/mol. The molecule has 0 saturated carbocycles. The number of nitrogens with zero attached hydrogens (tertiary/aromatic N) is 2. The third-order valence-electron chi connectivity index (χ3n) is 7.29. The largest absolute Gasteiger partial charge is 0.496 e. The number of thiazole rings is 1. The minimum Gasteiger partial charge on any atom is -0.496 e. The van der Waals surface area contributed by atoms with E-state index in [4.69, 9.17) is 9.47 Å². The van der Waals surface area contributed by atoms with Crippen LogP contribution >= 0.6 is 11.3 Å². The lowest BCUT2D eigenvalue weighted by atomic mass is 9.78. The van der Waals surface area contributed by atoms with Crippen molar-refractivity contribution >= 4 is 23.2 Å². The van der Waals surface area contributed by atoms with Crippen molar-refractivity contribution in [2.45, 2.75) is 110 Å². The summed E-state index contributed by atoms with van der Waals surface area (Å²) in [5.41, 5.74) is -2.03. The predicted molar refractivity (Wildman–Crippen MR) is 155 cm³/mol. The molecule has 3 atom stereocenters. The van der Waals surface area contributed by atoms with E-state index < -0.39 is 34.7 Å². The van der Waals surface area contributed by atoms with E-state index in [1.807, 2.05) is 46.1 Å². The molecule has 39 heavy (non-hydrogen) atoms. The van der Waals surface area contributed by atoms with E-state index in [0.717, 1.165) is 5.56 Å². The Kier molecular flexibility index (Phi) is 8.64. The average molecular weight is 559 g/mol. The number of amides is 1. The Morgan fingerprint density at radius 3 is 2.26 bits per heavy atom. The summed E-state index contributed by atoms with van der Waals surface area (Å²) in [7, 11) is 1.60. The Balaban J connectivity index is 2.31. The third kappa shape index (κ3) is 6.49. The Labute approximate surface area is 237 Å². The van der Waals surface area contributed by atoms with E-state index in [2.05, 4.69) is 25.8 Å². The van der Waals surface area contributed by atoms with E-state index in [0.29, 0.717) is 22.7 Å². The second-order valence-electron chi connectivity index (χ2n) is 13.8. The first-order valence-electron chi connectivity index (χ1n) is 13.7. The number of carbonyl (C=O) groups excluding carboxylic acids is 2. The highest BCUT2D eigenvalue weighted by atomic mass is 32.1. The van der Waals surface area contributed by atoms with Crippen molar-refractivity contribution in [3.8, 4) is 5.75 Å². The van der Waals surface area contributed by atoms with Gasteiger partial charge in [0, 0.05) is 23.1 Å². The molecule has 1 saturated heterocycles. The molecule has 1 aliphatic rings. The molecule has 2 aromatic rings. The zero-order valence-electron chi connectivity index (χ0n) is 25.4. The minimum atomic E-state index is -1.30. The van der Waals surface area contributed by atoms with Gasteiger partial charge in [-0.2, -0.15) is 0 Å². The van der Waals surface area contributed by atoms with Gasteiger partial charge in [0.25, 0.3) is 5.91 Å². The molecule has 1 unspecified atom stereocenters. The first-order chi connectivity index (χ1) is 17.8. The number of methoxy groups -OCH3 is 1. The van der Waals surface area contributed by atoms with Crippen LogP contribution in [0.4, 0.5) is 0 Å². The Hall–Kier alpha value is -2.45. The lowest BCUT2D eigenvalue weighted by Gasteiger charge is -2.41. The zero-order valence-corrected chi connectivity index (χ0v) is 26.2. The number of hydrogen-bond acceptors (Lipinski definition) is 7. The van der Waals surface area contributed by atoms with Gasteiger partial charge in [-0.1, -0.05) is 40.7 Å². The summed E-state index contributed by atoms with van der Waals surface area (Å²) in [4.78, 5) is 35.2. The van der Waals surface area contributed by atoms with Crippen LogP contribution in [0.1, 0.15) is 109 Å². The molecular formula is C31H46N2O5S. The van der Waals surface area contributed by atoms with Gasteiger partial charge in [0.05, 0.1) is 18.8 Å². The normalized spacial score (nSPS) is 22.3. The van der Waals surface area contributed by atoms with Crippen LogP contribution in [0.25, 0.3) is 0 Å². The Morgan fingerprint density at radius 2 is 1.79 bits per heavy atom. The number of likely N-dealkylation sites (tertiary alicyclic amines) is 1. The topological polar surface area (TPSA) is 89.0 Å². The van der Waals surface area contributed by atoms with Crippen LogP contribution in [-0.4, -0.2) is 50.7 Å². The predicted octanol–water partition coefficient (Wildman–Crippen LogP) is 6.55. The summed E-state index contributed by atoms with van der Waals surface area (Å²) in [5.74, 6) is -0.530. The van der Waals surface area contributed by atoms with Crippen LogP contribution in [0.15, 0.2) is 29.8 Å². The van der Waals surface area contributed by atoms with Crippen molar-refractivity contribution in [3.05, 3.63) is 45.9 Å². The number of rotatable bonds is 7. The lowest BCUT2D eigenvalue weighted by Crippen LogP contribution is -2.56. The maximum Gasteiger partial charge on any atom is 0.332 e. The molecule has 1 aromatic heterocycles. The van der Waals surface area contributed by atoms with E-state index in [-0.39, 0.29) is 23.7 Å². The number of aliphatic hydroxyl groups is 1. The van der Waals surface area contributed by atoms with E-state index in [1.54, 1.807) is 44.2 Å². The van der Waals surface area contributed by atoms with E-state index >= 15 is 0 Å². The van der Waals surface area contributed by atoms with Crippen LogP contribution in [0, 0.1) is 11.8 Å². The average Bonchev–Trinajstić information content (AvgIpc) is 3.42. The lowest BCUT2D eigenvalue weighted by molar-refractivity contribution is -0.168. The van der Waals surface area contributed by atoms with Crippen LogP contribution in [0.3, 0.4) is 0 Å². The zero-order chi connectivity index (χ0) is 29.6. The molecule has 0 bridgehead atoms. The van der Waals surface area contributed by atoms with Gasteiger partial charge in [0.2, 0.25) is 0 Å². The highest BCUT2D eigenvalue weighted by Crippen LogP contribution is 2.54. The molecule has 216 valence electrons. The second-order valence-corrected chi connectivity index (χ2v) is 14.7. The molecule has 0 radical (unpaired) electrons. The molecule has 8 heteroatoms. The molecule has 1 fully saturated rings. The van der Waals surface area contributed by atoms with Gasteiger partial charge in [0.15, 0.2) is 0 Å². The van der Waals surface area contributed by atoms with Crippen LogP contribution in [0.5, 0.6) is 5.75 Å². The monoisotopic (exact) mass is 558 g/mol. The molecule has 3 rings (SSSR count). The van der Waals surface area contributed by atoms with Gasteiger partial charge in [0.1, 0.15) is 21.9 Å². The van der Waals surface area contributed by atoms with Crippen molar-refractivity contribution in [3.63, 3.8) is 0 Å². The molecule has 1 aromatic carbocycles. The summed E-state index contributed by atoms with van der Waals surface area (Å²) in [5, 5.41) is 14.0. The fraction of sp³-hybridized carbons (Fsp3) is 0.645. The van der Waals surface area contributed by atoms with E-state index in [9.17, 15) is 14.7 Å².